The van der Waals surface area contributed by atoms with E-state index in [-0.39, 0.29) is 11.5 Å². The molecule has 0 spiro atoms. The van der Waals surface area contributed by atoms with Gasteiger partial charge in [0.05, 0.1) is 0 Å². The van der Waals surface area contributed by atoms with Crippen LogP contribution in [0.25, 0.3) is 0 Å². The third kappa shape index (κ3) is 4.87. The Labute approximate surface area is 112 Å². The van der Waals surface area contributed by atoms with Gasteiger partial charge in [-0.25, -0.2) is 4.79 Å². The number of ether oxygens (including phenoxy) is 1. The Morgan fingerprint density at radius 1 is 1.11 bits per heavy atom. The van der Waals surface area contributed by atoms with Crippen molar-refractivity contribution in [2.45, 2.75) is 66.9 Å². The molecule has 0 aromatic rings. The second-order valence-electron chi connectivity index (χ2n) is 8.16. The van der Waals surface area contributed by atoms with Gasteiger partial charge in [-0.1, -0.05) is 27.7 Å². The molecule has 1 aliphatic heterocycles. The van der Waals surface area contributed by atoms with Crippen molar-refractivity contribution >= 4 is 6.09 Å². The van der Waals surface area contributed by atoms with Gasteiger partial charge in [0, 0.05) is 13.1 Å². The molecular formula is C15H29NO2. The van der Waals surface area contributed by atoms with Crippen LogP contribution in [0, 0.1) is 10.8 Å². The van der Waals surface area contributed by atoms with E-state index in [9.17, 15) is 4.79 Å². The second-order valence-corrected chi connectivity index (χ2v) is 8.16. The Kier molecular flexibility index (Phi) is 4.04. The highest BCUT2D eigenvalue weighted by Crippen LogP contribution is 2.39. The fraction of sp³-hybridized carbons (Fsp3) is 0.933. The molecule has 1 fully saturated rings. The summed E-state index contributed by atoms with van der Waals surface area (Å²) in [6.07, 6.45) is 2.00. The SMILES string of the molecule is CC1(C)CCN(C(=O)OC(C)(C)C)CC(C)(C)C1. The predicted molar refractivity (Wildman–Crippen MR) is 74.6 cm³/mol. The van der Waals surface area contributed by atoms with Crippen LogP contribution in [0.5, 0.6) is 0 Å². The van der Waals surface area contributed by atoms with Gasteiger partial charge in [-0.15, -0.1) is 0 Å². The molecule has 0 bridgehead atoms. The highest BCUT2D eigenvalue weighted by Gasteiger charge is 2.37. The molecule has 0 atom stereocenters. The second kappa shape index (κ2) is 4.75. The van der Waals surface area contributed by atoms with Gasteiger partial charge in [-0.3, -0.25) is 0 Å². The number of rotatable bonds is 0. The lowest BCUT2D eigenvalue weighted by atomic mass is 9.75. The van der Waals surface area contributed by atoms with Crippen molar-refractivity contribution in [3.8, 4) is 0 Å². The maximum atomic E-state index is 12.2. The van der Waals surface area contributed by atoms with Crippen molar-refractivity contribution in [2.75, 3.05) is 13.1 Å². The number of hydrogen-bond acceptors (Lipinski definition) is 2. The lowest BCUT2D eigenvalue weighted by molar-refractivity contribution is 0.0200. The van der Waals surface area contributed by atoms with Gasteiger partial charge in [0.2, 0.25) is 0 Å². The Hall–Kier alpha value is -0.730. The predicted octanol–water partition coefficient (Wildman–Crippen LogP) is 4.07. The maximum absolute atomic E-state index is 12.2. The van der Waals surface area contributed by atoms with E-state index < -0.39 is 5.60 Å². The van der Waals surface area contributed by atoms with Crippen LogP contribution in [0.2, 0.25) is 0 Å². The van der Waals surface area contributed by atoms with Crippen LogP contribution in [0.4, 0.5) is 4.79 Å². The summed E-state index contributed by atoms with van der Waals surface area (Å²) in [6.45, 7) is 16.4. The largest absolute Gasteiger partial charge is 0.444 e. The quantitative estimate of drug-likeness (QED) is 0.653. The van der Waals surface area contributed by atoms with Gasteiger partial charge in [-0.2, -0.15) is 0 Å². The van der Waals surface area contributed by atoms with Crippen molar-refractivity contribution in [1.29, 1.82) is 0 Å². The maximum Gasteiger partial charge on any atom is 0.410 e. The van der Waals surface area contributed by atoms with Gasteiger partial charge >= 0.3 is 6.09 Å². The highest BCUT2D eigenvalue weighted by molar-refractivity contribution is 5.68. The lowest BCUT2D eigenvalue weighted by Gasteiger charge is -2.33. The van der Waals surface area contributed by atoms with Crippen molar-refractivity contribution in [3.63, 3.8) is 0 Å². The molecular weight excluding hydrogens is 226 g/mol. The zero-order valence-electron chi connectivity index (χ0n) is 13.1. The molecule has 106 valence electrons. The van der Waals surface area contributed by atoms with Crippen molar-refractivity contribution in [2.24, 2.45) is 10.8 Å². The van der Waals surface area contributed by atoms with E-state index in [1.54, 1.807) is 0 Å². The van der Waals surface area contributed by atoms with E-state index >= 15 is 0 Å². The number of nitrogens with zero attached hydrogens (tertiary/aromatic N) is 1. The first-order chi connectivity index (χ1) is 7.90. The van der Waals surface area contributed by atoms with E-state index in [0.29, 0.717) is 5.41 Å². The fourth-order valence-electron chi connectivity index (χ4n) is 2.96. The van der Waals surface area contributed by atoms with E-state index in [4.69, 9.17) is 4.74 Å². The van der Waals surface area contributed by atoms with Gasteiger partial charge < -0.3 is 9.64 Å². The lowest BCUT2D eigenvalue weighted by Crippen LogP contribution is -2.41. The third-order valence-corrected chi connectivity index (χ3v) is 3.29. The number of hydrogen-bond donors (Lipinski definition) is 0. The molecule has 0 aromatic carbocycles. The van der Waals surface area contributed by atoms with Gasteiger partial charge in [0.25, 0.3) is 0 Å². The molecule has 0 unspecified atom stereocenters. The highest BCUT2D eigenvalue weighted by atomic mass is 16.6. The van der Waals surface area contributed by atoms with Crippen LogP contribution in [-0.2, 0) is 4.74 Å². The summed E-state index contributed by atoms with van der Waals surface area (Å²) >= 11 is 0. The monoisotopic (exact) mass is 255 g/mol. The van der Waals surface area contributed by atoms with Crippen LogP contribution in [-0.4, -0.2) is 29.7 Å². The van der Waals surface area contributed by atoms with Crippen molar-refractivity contribution in [3.05, 3.63) is 0 Å². The number of carbonyl (C=O) groups is 1. The van der Waals surface area contributed by atoms with Crippen LogP contribution in [0.1, 0.15) is 61.3 Å². The Balaban J connectivity index is 2.76. The third-order valence-electron chi connectivity index (χ3n) is 3.29. The molecule has 1 saturated heterocycles. The number of carbonyl (C=O) groups excluding carboxylic acids is 1. The minimum Gasteiger partial charge on any atom is -0.444 e. The summed E-state index contributed by atoms with van der Waals surface area (Å²) in [5, 5.41) is 0. The van der Waals surface area contributed by atoms with Gasteiger partial charge in [0.15, 0.2) is 0 Å². The molecule has 0 saturated carbocycles. The molecule has 3 nitrogen and oxygen atoms in total. The summed E-state index contributed by atoms with van der Waals surface area (Å²) in [4.78, 5) is 14.0. The summed E-state index contributed by atoms with van der Waals surface area (Å²) in [6, 6.07) is 0. The zero-order chi connectivity index (χ0) is 14.2. The van der Waals surface area contributed by atoms with Crippen molar-refractivity contribution < 1.29 is 9.53 Å². The normalized spacial score (nSPS) is 23.4. The molecule has 0 radical (unpaired) electrons. The van der Waals surface area contributed by atoms with Crippen LogP contribution in [0.3, 0.4) is 0 Å². The van der Waals surface area contributed by atoms with E-state index in [0.717, 1.165) is 25.9 Å². The minimum absolute atomic E-state index is 0.150. The van der Waals surface area contributed by atoms with Gasteiger partial charge in [0.1, 0.15) is 5.60 Å². The summed E-state index contributed by atoms with van der Waals surface area (Å²) in [5.74, 6) is 0. The molecule has 1 heterocycles. The smallest absolute Gasteiger partial charge is 0.410 e. The fourth-order valence-corrected chi connectivity index (χ4v) is 2.96. The van der Waals surface area contributed by atoms with Crippen LogP contribution in [0.15, 0.2) is 0 Å². The van der Waals surface area contributed by atoms with Gasteiger partial charge in [-0.05, 0) is 44.4 Å². The first kappa shape index (κ1) is 15.3. The molecule has 1 rings (SSSR count). The number of likely N-dealkylation sites (tertiary alicyclic amines) is 1. The molecule has 3 heteroatoms. The summed E-state index contributed by atoms with van der Waals surface area (Å²) in [7, 11) is 0. The Morgan fingerprint density at radius 2 is 1.67 bits per heavy atom. The first-order valence-corrected chi connectivity index (χ1v) is 6.88. The first-order valence-electron chi connectivity index (χ1n) is 6.88. The standard InChI is InChI=1S/C15H29NO2/c1-13(2,3)18-12(17)16-9-8-14(4,5)10-15(6,7)11-16/h8-11H2,1-7H3. The average Bonchev–Trinajstić information content (AvgIpc) is 2.16. The minimum atomic E-state index is -0.414. The zero-order valence-corrected chi connectivity index (χ0v) is 13.1. The topological polar surface area (TPSA) is 29.5 Å². The summed E-state index contributed by atoms with van der Waals surface area (Å²) < 4.78 is 5.48. The molecule has 18 heavy (non-hydrogen) atoms. The summed E-state index contributed by atoms with van der Waals surface area (Å²) in [5.41, 5.74) is 0.0280. The molecule has 1 aliphatic rings. The average molecular weight is 255 g/mol. The van der Waals surface area contributed by atoms with Crippen LogP contribution >= 0.6 is 0 Å². The number of amides is 1. The molecule has 0 aliphatic carbocycles. The van der Waals surface area contributed by atoms with Crippen molar-refractivity contribution in [1.82, 2.24) is 4.90 Å². The van der Waals surface area contributed by atoms with E-state index in [1.165, 1.54) is 0 Å². The van der Waals surface area contributed by atoms with Crippen LogP contribution < -0.4 is 0 Å². The Morgan fingerprint density at radius 3 is 2.17 bits per heavy atom. The molecule has 1 amide bonds. The van der Waals surface area contributed by atoms with E-state index in [1.807, 2.05) is 25.7 Å². The Bertz CT molecular complexity index is 313. The molecule has 0 aromatic heterocycles. The molecule has 0 N–H and O–H groups in total. The van der Waals surface area contributed by atoms with E-state index in [2.05, 4.69) is 27.7 Å².